The SMILES string of the molecule is CCCSc1c(F)c(F)c(S(N)(=O)=O)c(NC2CCCCCCC2)c1F. The van der Waals surface area contributed by atoms with Crippen molar-refractivity contribution in [3.05, 3.63) is 17.5 Å². The Morgan fingerprint density at radius 3 is 2.15 bits per heavy atom. The Morgan fingerprint density at radius 1 is 1.04 bits per heavy atom. The second-order valence-electron chi connectivity index (χ2n) is 6.56. The van der Waals surface area contributed by atoms with Gasteiger partial charge in [0.1, 0.15) is 4.90 Å². The first-order chi connectivity index (χ1) is 12.3. The molecule has 1 aromatic rings. The Hall–Kier alpha value is -0.930. The summed E-state index contributed by atoms with van der Waals surface area (Å²) in [6.45, 7) is 1.82. The van der Waals surface area contributed by atoms with Crippen molar-refractivity contribution in [1.29, 1.82) is 0 Å². The minimum Gasteiger partial charge on any atom is -0.379 e. The lowest BCUT2D eigenvalue weighted by atomic mass is 9.96. The van der Waals surface area contributed by atoms with Gasteiger partial charge in [0.2, 0.25) is 10.0 Å². The van der Waals surface area contributed by atoms with Crippen LogP contribution >= 0.6 is 11.8 Å². The first kappa shape index (κ1) is 21.4. The Kier molecular flexibility index (Phi) is 7.66. The molecule has 3 N–H and O–H groups in total. The molecular formula is C17H25F3N2O2S2. The van der Waals surface area contributed by atoms with Crippen molar-refractivity contribution in [3.63, 3.8) is 0 Å². The van der Waals surface area contributed by atoms with Crippen LogP contribution in [0, 0.1) is 17.5 Å². The Bertz CT molecular complexity index is 734. The van der Waals surface area contributed by atoms with Crippen molar-refractivity contribution < 1.29 is 21.6 Å². The molecule has 1 aromatic carbocycles. The maximum absolute atomic E-state index is 15.0. The van der Waals surface area contributed by atoms with Gasteiger partial charge in [0, 0.05) is 6.04 Å². The fourth-order valence-electron chi connectivity index (χ4n) is 3.15. The second kappa shape index (κ2) is 9.32. The number of nitrogens with two attached hydrogens (primary N) is 1. The number of halogens is 3. The Morgan fingerprint density at radius 2 is 1.62 bits per heavy atom. The number of nitrogens with one attached hydrogen (secondary N) is 1. The van der Waals surface area contributed by atoms with E-state index < -0.39 is 43.0 Å². The molecule has 1 saturated carbocycles. The van der Waals surface area contributed by atoms with E-state index in [1.165, 1.54) is 0 Å². The number of anilines is 1. The minimum absolute atomic E-state index is 0.209. The van der Waals surface area contributed by atoms with Crippen molar-refractivity contribution in [2.75, 3.05) is 11.1 Å². The van der Waals surface area contributed by atoms with E-state index in [-0.39, 0.29) is 6.04 Å². The number of benzene rings is 1. The molecule has 0 atom stereocenters. The average molecular weight is 411 g/mol. The first-order valence-corrected chi connectivity index (χ1v) is 11.4. The van der Waals surface area contributed by atoms with Crippen molar-refractivity contribution in [3.8, 4) is 0 Å². The summed E-state index contributed by atoms with van der Waals surface area (Å²) in [5.74, 6) is -3.84. The van der Waals surface area contributed by atoms with E-state index >= 15 is 0 Å². The van der Waals surface area contributed by atoms with Gasteiger partial charge in [-0.3, -0.25) is 0 Å². The third kappa shape index (κ3) is 5.07. The van der Waals surface area contributed by atoms with Crippen LogP contribution in [0.15, 0.2) is 9.79 Å². The molecule has 0 amide bonds. The monoisotopic (exact) mass is 410 g/mol. The maximum Gasteiger partial charge on any atom is 0.243 e. The maximum atomic E-state index is 15.0. The lowest BCUT2D eigenvalue weighted by Gasteiger charge is -2.24. The highest BCUT2D eigenvalue weighted by Crippen LogP contribution is 2.38. The highest BCUT2D eigenvalue weighted by molar-refractivity contribution is 7.99. The van der Waals surface area contributed by atoms with Gasteiger partial charge in [0.05, 0.1) is 10.6 Å². The first-order valence-electron chi connectivity index (χ1n) is 8.90. The standard InChI is InChI=1S/C17H25F3N2O2S2/c1-2-10-25-16-12(18)13(19)17(26(21,23)24)15(14(16)20)22-11-8-6-4-3-5-7-9-11/h11,22H,2-10H2,1H3,(H2,21,23,24). The van der Waals surface area contributed by atoms with Crippen molar-refractivity contribution >= 4 is 27.5 Å². The molecule has 9 heteroatoms. The molecule has 2 rings (SSSR count). The van der Waals surface area contributed by atoms with Crippen LogP contribution in [0.4, 0.5) is 18.9 Å². The lowest BCUT2D eigenvalue weighted by molar-refractivity contribution is 0.441. The molecule has 4 nitrogen and oxygen atoms in total. The smallest absolute Gasteiger partial charge is 0.243 e. The third-order valence-electron chi connectivity index (χ3n) is 4.43. The van der Waals surface area contributed by atoms with E-state index in [9.17, 15) is 21.6 Å². The zero-order chi connectivity index (χ0) is 19.3. The van der Waals surface area contributed by atoms with Gasteiger partial charge < -0.3 is 5.32 Å². The molecule has 0 heterocycles. The summed E-state index contributed by atoms with van der Waals surface area (Å²) in [7, 11) is -4.64. The fraction of sp³-hybridized carbons (Fsp3) is 0.647. The molecule has 0 unspecified atom stereocenters. The number of rotatable bonds is 6. The molecule has 1 aliphatic carbocycles. The van der Waals surface area contributed by atoms with Crippen LogP contribution in [-0.4, -0.2) is 20.2 Å². The number of hydrogen-bond acceptors (Lipinski definition) is 4. The summed E-state index contributed by atoms with van der Waals surface area (Å²) in [4.78, 5) is -1.64. The zero-order valence-electron chi connectivity index (χ0n) is 14.8. The quantitative estimate of drug-likeness (QED) is 0.523. The lowest BCUT2D eigenvalue weighted by Crippen LogP contribution is -2.26. The van der Waals surface area contributed by atoms with Gasteiger partial charge >= 0.3 is 0 Å². The predicted octanol–water partition coefficient (Wildman–Crippen LogP) is 4.78. The molecule has 0 spiro atoms. The molecule has 0 bridgehead atoms. The van der Waals surface area contributed by atoms with Crippen LogP contribution in [0.1, 0.15) is 58.3 Å². The van der Waals surface area contributed by atoms with Crippen LogP contribution in [0.3, 0.4) is 0 Å². The topological polar surface area (TPSA) is 72.2 Å². The fourth-order valence-corrected chi connectivity index (χ4v) is 4.78. The molecular weight excluding hydrogens is 385 g/mol. The molecule has 148 valence electrons. The van der Waals surface area contributed by atoms with Crippen LogP contribution < -0.4 is 10.5 Å². The number of thioether (sulfide) groups is 1. The predicted molar refractivity (Wildman–Crippen MR) is 98.4 cm³/mol. The minimum atomic E-state index is -4.64. The Balaban J connectivity index is 2.51. The molecule has 26 heavy (non-hydrogen) atoms. The van der Waals surface area contributed by atoms with Gasteiger partial charge in [-0.15, -0.1) is 11.8 Å². The van der Waals surface area contributed by atoms with Gasteiger partial charge in [-0.05, 0) is 25.0 Å². The summed E-state index contributed by atoms with van der Waals surface area (Å²) in [6.07, 6.45) is 7.08. The summed E-state index contributed by atoms with van der Waals surface area (Å²) in [6, 6.07) is -0.209. The normalized spacial score (nSPS) is 17.0. The number of primary sulfonamides is 1. The van der Waals surface area contributed by atoms with Crippen molar-refractivity contribution in [2.45, 2.75) is 74.1 Å². The summed E-state index contributed by atoms with van der Waals surface area (Å²) in [5.41, 5.74) is -0.546. The van der Waals surface area contributed by atoms with Crippen LogP contribution in [-0.2, 0) is 10.0 Å². The van der Waals surface area contributed by atoms with E-state index in [2.05, 4.69) is 5.32 Å². The largest absolute Gasteiger partial charge is 0.379 e. The van der Waals surface area contributed by atoms with Gasteiger partial charge in [0.25, 0.3) is 0 Å². The molecule has 0 aliphatic heterocycles. The second-order valence-corrected chi connectivity index (χ2v) is 9.16. The van der Waals surface area contributed by atoms with Gasteiger partial charge in [-0.25, -0.2) is 26.7 Å². The highest BCUT2D eigenvalue weighted by atomic mass is 32.2. The van der Waals surface area contributed by atoms with Crippen LogP contribution in [0.2, 0.25) is 0 Å². The number of sulfonamides is 1. The highest BCUT2D eigenvalue weighted by Gasteiger charge is 2.32. The molecule has 0 aromatic heterocycles. The van der Waals surface area contributed by atoms with Crippen LogP contribution in [0.5, 0.6) is 0 Å². The van der Waals surface area contributed by atoms with Crippen LogP contribution in [0.25, 0.3) is 0 Å². The van der Waals surface area contributed by atoms with E-state index in [0.717, 1.165) is 43.9 Å². The van der Waals surface area contributed by atoms with Crippen molar-refractivity contribution in [1.82, 2.24) is 0 Å². The van der Waals surface area contributed by atoms with E-state index in [1.54, 1.807) is 0 Å². The summed E-state index contributed by atoms with van der Waals surface area (Å²) in [5, 5.41) is 7.88. The van der Waals surface area contributed by atoms with E-state index in [4.69, 9.17) is 5.14 Å². The summed E-state index contributed by atoms with van der Waals surface area (Å²) >= 11 is 0.825. The van der Waals surface area contributed by atoms with E-state index in [0.29, 0.717) is 25.0 Å². The molecule has 1 fully saturated rings. The molecule has 1 aliphatic rings. The molecule has 0 radical (unpaired) electrons. The molecule has 0 saturated heterocycles. The van der Waals surface area contributed by atoms with Gasteiger partial charge in [-0.2, -0.15) is 0 Å². The summed E-state index contributed by atoms with van der Waals surface area (Å²) < 4.78 is 67.3. The number of hydrogen-bond donors (Lipinski definition) is 2. The average Bonchev–Trinajstić information content (AvgIpc) is 2.53. The van der Waals surface area contributed by atoms with E-state index in [1.807, 2.05) is 6.92 Å². The Labute approximate surface area is 157 Å². The zero-order valence-corrected chi connectivity index (χ0v) is 16.4. The third-order valence-corrected chi connectivity index (χ3v) is 6.64. The van der Waals surface area contributed by atoms with Gasteiger partial charge in [-0.1, -0.05) is 39.0 Å². The van der Waals surface area contributed by atoms with Crippen molar-refractivity contribution in [2.24, 2.45) is 5.14 Å². The van der Waals surface area contributed by atoms with Gasteiger partial charge in [0.15, 0.2) is 17.5 Å².